The van der Waals surface area contributed by atoms with Gasteiger partial charge in [-0.15, -0.1) is 11.3 Å². The molecule has 2 N–H and O–H groups in total. The molecule has 0 aliphatic carbocycles. The number of anilines is 1. The molecule has 21 heavy (non-hydrogen) atoms. The van der Waals surface area contributed by atoms with Gasteiger partial charge in [-0.05, 0) is 33.9 Å². The number of amides is 1. The summed E-state index contributed by atoms with van der Waals surface area (Å²) < 4.78 is 9.79. The Morgan fingerprint density at radius 1 is 1.29 bits per heavy atom. The van der Waals surface area contributed by atoms with Gasteiger partial charge in [-0.25, -0.2) is 4.63 Å². The summed E-state index contributed by atoms with van der Waals surface area (Å²) in [6.07, 6.45) is 1.56. The van der Waals surface area contributed by atoms with Gasteiger partial charge in [-0.3, -0.25) is 4.79 Å². The lowest BCUT2D eigenvalue weighted by molar-refractivity contribution is 0.0709. The van der Waals surface area contributed by atoms with E-state index in [2.05, 4.69) is 14.9 Å². The lowest BCUT2D eigenvalue weighted by Crippen LogP contribution is -2.30. The highest BCUT2D eigenvalue weighted by Crippen LogP contribution is 2.18. The largest absolute Gasteiger partial charge is 0.467 e. The highest BCUT2D eigenvalue weighted by atomic mass is 32.1. The van der Waals surface area contributed by atoms with E-state index in [-0.39, 0.29) is 17.4 Å². The Hall–Kier alpha value is -2.61. The van der Waals surface area contributed by atoms with Crippen molar-refractivity contribution in [3.63, 3.8) is 0 Å². The van der Waals surface area contributed by atoms with Crippen molar-refractivity contribution >= 4 is 23.1 Å². The minimum Gasteiger partial charge on any atom is -0.467 e. The molecule has 0 saturated heterocycles. The Labute approximate surface area is 123 Å². The van der Waals surface area contributed by atoms with Crippen molar-refractivity contribution in [1.29, 1.82) is 0 Å². The van der Waals surface area contributed by atoms with Gasteiger partial charge in [0.2, 0.25) is 11.5 Å². The van der Waals surface area contributed by atoms with Crippen molar-refractivity contribution in [2.24, 2.45) is 0 Å². The third kappa shape index (κ3) is 2.95. The second kappa shape index (κ2) is 5.80. The van der Waals surface area contributed by atoms with E-state index in [9.17, 15) is 4.79 Å². The molecule has 7 nitrogen and oxygen atoms in total. The highest BCUT2D eigenvalue weighted by molar-refractivity contribution is 7.09. The van der Waals surface area contributed by atoms with Crippen LogP contribution >= 0.6 is 11.3 Å². The molecule has 0 bridgehead atoms. The topological polar surface area (TPSA) is 98.4 Å². The van der Waals surface area contributed by atoms with Crippen molar-refractivity contribution < 1.29 is 13.8 Å². The predicted octanol–water partition coefficient (Wildman–Crippen LogP) is 2.15. The Kier molecular flexibility index (Phi) is 3.69. The number of hydrogen-bond donors (Lipinski definition) is 1. The molecular formula is C13H12N4O3S. The monoisotopic (exact) mass is 304 g/mol. The first-order chi connectivity index (χ1) is 10.2. The van der Waals surface area contributed by atoms with Crippen LogP contribution in [-0.4, -0.2) is 21.1 Å². The summed E-state index contributed by atoms with van der Waals surface area (Å²) in [4.78, 5) is 15.2. The lowest BCUT2D eigenvalue weighted by Gasteiger charge is -2.19. The zero-order chi connectivity index (χ0) is 14.7. The number of aromatic nitrogens is 2. The molecule has 3 rings (SSSR count). The first kappa shape index (κ1) is 13.4. The van der Waals surface area contributed by atoms with Gasteiger partial charge in [-0.1, -0.05) is 6.07 Å². The number of nitrogens with zero attached hydrogens (tertiary/aromatic N) is 3. The Morgan fingerprint density at radius 3 is 2.81 bits per heavy atom. The Bertz CT molecular complexity index is 669. The molecule has 0 aliphatic heterocycles. The molecule has 0 fully saturated rings. The zero-order valence-electron chi connectivity index (χ0n) is 10.9. The summed E-state index contributed by atoms with van der Waals surface area (Å²) >= 11 is 1.57. The van der Waals surface area contributed by atoms with Gasteiger partial charge in [0.1, 0.15) is 5.76 Å². The standard InChI is InChI=1S/C13H12N4O3S/c14-12-11(15-20-16-12)13(18)17(7-9-3-1-5-19-9)8-10-4-2-6-21-10/h1-6H,7-8H2,(H2,14,16). The number of nitrogens with two attached hydrogens (primary N) is 1. The maximum absolute atomic E-state index is 12.5. The first-order valence-corrected chi connectivity index (χ1v) is 7.04. The van der Waals surface area contributed by atoms with Crippen molar-refractivity contribution in [1.82, 2.24) is 15.2 Å². The van der Waals surface area contributed by atoms with E-state index in [1.165, 1.54) is 0 Å². The fourth-order valence-corrected chi connectivity index (χ4v) is 2.59. The summed E-state index contributed by atoms with van der Waals surface area (Å²) in [5.74, 6) is 0.309. The van der Waals surface area contributed by atoms with Gasteiger partial charge >= 0.3 is 0 Å². The van der Waals surface area contributed by atoms with E-state index in [1.54, 1.807) is 34.6 Å². The molecule has 0 spiro atoms. The molecule has 0 aromatic carbocycles. The molecule has 3 aromatic rings. The zero-order valence-corrected chi connectivity index (χ0v) is 11.7. The van der Waals surface area contributed by atoms with Crippen molar-refractivity contribution in [2.75, 3.05) is 5.73 Å². The van der Waals surface area contributed by atoms with E-state index < -0.39 is 0 Å². The first-order valence-electron chi connectivity index (χ1n) is 6.16. The molecule has 8 heteroatoms. The number of nitrogen functional groups attached to an aromatic ring is 1. The summed E-state index contributed by atoms with van der Waals surface area (Å²) in [7, 11) is 0. The SMILES string of the molecule is Nc1nonc1C(=O)N(Cc1ccco1)Cc1cccs1. The molecule has 0 radical (unpaired) electrons. The molecular weight excluding hydrogens is 292 g/mol. The van der Waals surface area contributed by atoms with Gasteiger partial charge in [-0.2, -0.15) is 0 Å². The van der Waals surface area contributed by atoms with E-state index in [0.29, 0.717) is 18.8 Å². The Balaban J connectivity index is 1.84. The second-order valence-corrected chi connectivity index (χ2v) is 5.35. The fraction of sp³-hybridized carbons (Fsp3) is 0.154. The minimum absolute atomic E-state index is 0.0121. The summed E-state index contributed by atoms with van der Waals surface area (Å²) in [5, 5.41) is 8.96. The van der Waals surface area contributed by atoms with E-state index in [1.807, 2.05) is 17.5 Å². The average molecular weight is 304 g/mol. The van der Waals surface area contributed by atoms with Crippen LogP contribution in [0.5, 0.6) is 0 Å². The molecule has 3 heterocycles. The fourth-order valence-electron chi connectivity index (χ4n) is 1.87. The number of furan rings is 1. The average Bonchev–Trinajstić information content (AvgIpc) is 3.19. The van der Waals surface area contributed by atoms with Crippen molar-refractivity contribution in [2.45, 2.75) is 13.1 Å². The van der Waals surface area contributed by atoms with Crippen LogP contribution in [0, 0.1) is 0 Å². The predicted molar refractivity (Wildman–Crippen MR) is 75.3 cm³/mol. The molecule has 3 aromatic heterocycles. The van der Waals surface area contributed by atoms with E-state index in [0.717, 1.165) is 4.88 Å². The number of carbonyl (C=O) groups excluding carboxylic acids is 1. The summed E-state index contributed by atoms with van der Waals surface area (Å²) in [6, 6.07) is 7.47. The molecule has 108 valence electrons. The van der Waals surface area contributed by atoms with Crippen LogP contribution in [0.3, 0.4) is 0 Å². The van der Waals surface area contributed by atoms with Crippen LogP contribution in [0.4, 0.5) is 5.82 Å². The van der Waals surface area contributed by atoms with Gasteiger partial charge in [0, 0.05) is 4.88 Å². The number of carbonyl (C=O) groups is 1. The van der Waals surface area contributed by atoms with Gasteiger partial charge in [0.25, 0.3) is 5.91 Å². The van der Waals surface area contributed by atoms with E-state index >= 15 is 0 Å². The molecule has 0 unspecified atom stereocenters. The summed E-state index contributed by atoms with van der Waals surface area (Å²) in [6.45, 7) is 0.750. The molecule has 0 atom stereocenters. The van der Waals surface area contributed by atoms with Crippen LogP contribution in [0.25, 0.3) is 0 Å². The quantitative estimate of drug-likeness (QED) is 0.775. The number of hydrogen-bond acceptors (Lipinski definition) is 7. The van der Waals surface area contributed by atoms with Crippen LogP contribution in [0.1, 0.15) is 21.1 Å². The molecule has 0 aliphatic rings. The van der Waals surface area contributed by atoms with Crippen LogP contribution < -0.4 is 5.73 Å². The normalized spacial score (nSPS) is 10.7. The van der Waals surface area contributed by atoms with Gasteiger partial charge < -0.3 is 15.1 Å². The van der Waals surface area contributed by atoms with Crippen LogP contribution in [-0.2, 0) is 13.1 Å². The lowest BCUT2D eigenvalue weighted by atomic mass is 10.3. The van der Waals surface area contributed by atoms with E-state index in [4.69, 9.17) is 10.2 Å². The maximum Gasteiger partial charge on any atom is 0.280 e. The second-order valence-electron chi connectivity index (χ2n) is 4.32. The minimum atomic E-state index is -0.349. The van der Waals surface area contributed by atoms with Crippen molar-refractivity contribution in [3.05, 3.63) is 52.2 Å². The van der Waals surface area contributed by atoms with Crippen molar-refractivity contribution in [3.8, 4) is 0 Å². The van der Waals surface area contributed by atoms with Gasteiger partial charge in [0.05, 0.1) is 19.4 Å². The summed E-state index contributed by atoms with van der Waals surface area (Å²) in [5.41, 5.74) is 5.60. The molecule has 0 saturated carbocycles. The number of thiophene rings is 1. The van der Waals surface area contributed by atoms with Crippen LogP contribution in [0.15, 0.2) is 45.0 Å². The maximum atomic E-state index is 12.5. The van der Waals surface area contributed by atoms with Crippen LogP contribution in [0.2, 0.25) is 0 Å². The van der Waals surface area contributed by atoms with Gasteiger partial charge in [0.15, 0.2) is 0 Å². The third-order valence-electron chi connectivity index (χ3n) is 2.86. The smallest absolute Gasteiger partial charge is 0.280 e. The Morgan fingerprint density at radius 2 is 2.19 bits per heavy atom. The number of rotatable bonds is 5. The highest BCUT2D eigenvalue weighted by Gasteiger charge is 2.24. The molecule has 1 amide bonds. The third-order valence-corrected chi connectivity index (χ3v) is 3.72.